The number of benzene rings is 1. The molecule has 0 spiro atoms. The Morgan fingerprint density at radius 2 is 2.25 bits per heavy atom. The van der Waals surface area contributed by atoms with Gasteiger partial charge in [0.15, 0.2) is 11.7 Å². The molecule has 0 saturated carbocycles. The van der Waals surface area contributed by atoms with Crippen molar-refractivity contribution in [2.24, 2.45) is 0 Å². The van der Waals surface area contributed by atoms with Crippen molar-refractivity contribution < 1.29 is 14.1 Å². The fourth-order valence-corrected chi connectivity index (χ4v) is 2.85. The zero-order chi connectivity index (χ0) is 17.1. The van der Waals surface area contributed by atoms with Crippen molar-refractivity contribution in [3.63, 3.8) is 0 Å². The van der Waals surface area contributed by atoms with Crippen LogP contribution in [0.25, 0.3) is 11.3 Å². The maximum Gasteiger partial charge on any atom is 0.270 e. The summed E-state index contributed by atoms with van der Waals surface area (Å²) < 4.78 is 11.4. The van der Waals surface area contributed by atoms with Crippen LogP contribution in [0, 0.1) is 10.1 Å². The Balaban J connectivity index is 1.65. The van der Waals surface area contributed by atoms with E-state index in [0.29, 0.717) is 29.7 Å². The molecule has 7 nitrogen and oxygen atoms in total. The lowest BCUT2D eigenvalue weighted by molar-refractivity contribution is -0.384. The van der Waals surface area contributed by atoms with E-state index >= 15 is 0 Å². The Hall–Kier alpha value is -2.25. The second kappa shape index (κ2) is 7.11. The van der Waals surface area contributed by atoms with Crippen molar-refractivity contribution in [2.75, 3.05) is 19.7 Å². The van der Waals surface area contributed by atoms with Crippen molar-refractivity contribution in [2.45, 2.75) is 32.4 Å². The zero-order valence-electron chi connectivity index (χ0n) is 13.8. The number of ether oxygens (including phenoxy) is 1. The molecule has 7 heteroatoms. The summed E-state index contributed by atoms with van der Waals surface area (Å²) in [6.45, 7) is 6.72. The molecule has 0 radical (unpaired) electrons. The average molecular weight is 331 g/mol. The Kier molecular flexibility index (Phi) is 4.92. The van der Waals surface area contributed by atoms with E-state index in [1.54, 1.807) is 18.3 Å². The van der Waals surface area contributed by atoms with Crippen LogP contribution in [-0.2, 0) is 11.2 Å². The van der Waals surface area contributed by atoms with E-state index in [4.69, 9.17) is 9.15 Å². The average Bonchev–Trinajstić information content (AvgIpc) is 3.05. The predicted octanol–water partition coefficient (Wildman–Crippen LogP) is 2.90. The molecule has 2 heterocycles. The maximum atomic E-state index is 10.9. The summed E-state index contributed by atoms with van der Waals surface area (Å²) in [5, 5.41) is 10.9. The third-order valence-electron chi connectivity index (χ3n) is 4.24. The molecular weight excluding hydrogens is 310 g/mol. The van der Waals surface area contributed by atoms with E-state index in [1.165, 1.54) is 12.1 Å². The summed E-state index contributed by atoms with van der Waals surface area (Å²) in [5.41, 5.74) is 0.706. The first-order valence-corrected chi connectivity index (χ1v) is 8.08. The first kappa shape index (κ1) is 16.6. The van der Waals surface area contributed by atoms with Crippen LogP contribution in [0.3, 0.4) is 0 Å². The largest absolute Gasteiger partial charge is 0.441 e. The molecule has 3 rings (SSSR count). The van der Waals surface area contributed by atoms with Crippen LogP contribution in [0.2, 0.25) is 0 Å². The molecule has 128 valence electrons. The molecular formula is C17H21N3O4. The fraction of sp³-hybridized carbons (Fsp3) is 0.471. The number of hydrogen-bond acceptors (Lipinski definition) is 6. The van der Waals surface area contributed by atoms with E-state index in [9.17, 15) is 10.1 Å². The van der Waals surface area contributed by atoms with Crippen LogP contribution < -0.4 is 0 Å². The molecule has 1 fully saturated rings. The summed E-state index contributed by atoms with van der Waals surface area (Å²) in [7, 11) is 0. The lowest BCUT2D eigenvalue weighted by Gasteiger charge is -2.36. The van der Waals surface area contributed by atoms with Crippen molar-refractivity contribution in [3.8, 4) is 11.3 Å². The minimum atomic E-state index is -0.415. The van der Waals surface area contributed by atoms with Crippen LogP contribution in [0.1, 0.15) is 19.7 Å². The zero-order valence-corrected chi connectivity index (χ0v) is 13.8. The van der Waals surface area contributed by atoms with Crippen molar-refractivity contribution in [1.29, 1.82) is 0 Å². The van der Waals surface area contributed by atoms with Gasteiger partial charge in [0.25, 0.3) is 5.69 Å². The second-order valence-corrected chi connectivity index (χ2v) is 6.16. The van der Waals surface area contributed by atoms with E-state index in [-0.39, 0.29) is 11.8 Å². The maximum absolute atomic E-state index is 10.9. The summed E-state index contributed by atoms with van der Waals surface area (Å²) in [4.78, 5) is 17.1. The highest BCUT2D eigenvalue weighted by Gasteiger charge is 2.23. The van der Waals surface area contributed by atoms with Crippen LogP contribution >= 0.6 is 0 Å². The quantitative estimate of drug-likeness (QED) is 0.619. The second-order valence-electron chi connectivity index (χ2n) is 6.16. The van der Waals surface area contributed by atoms with Crippen molar-refractivity contribution in [3.05, 3.63) is 46.5 Å². The summed E-state index contributed by atoms with van der Waals surface area (Å²) >= 11 is 0. The standard InChI is InChI=1S/C17H21N3O4/c1-12-11-23-13(2)10-19(12)7-6-17-18-9-16(24-17)14-4-3-5-15(8-14)20(21)22/h3-5,8-9,12-13H,6-7,10-11H2,1-2H3/t12-,13-/m0/s1. The minimum absolute atomic E-state index is 0.0431. The highest BCUT2D eigenvalue weighted by Crippen LogP contribution is 2.24. The van der Waals surface area contributed by atoms with E-state index < -0.39 is 4.92 Å². The Bertz CT molecular complexity index is 715. The Morgan fingerprint density at radius 3 is 3.04 bits per heavy atom. The van der Waals surface area contributed by atoms with Crippen molar-refractivity contribution in [1.82, 2.24) is 9.88 Å². The van der Waals surface area contributed by atoms with E-state index in [2.05, 4.69) is 23.7 Å². The van der Waals surface area contributed by atoms with Crippen LogP contribution in [0.15, 0.2) is 34.9 Å². The number of nitrogens with zero attached hydrogens (tertiary/aromatic N) is 3. The highest BCUT2D eigenvalue weighted by atomic mass is 16.6. The molecule has 1 aliphatic rings. The molecule has 2 atom stereocenters. The molecule has 0 unspecified atom stereocenters. The van der Waals surface area contributed by atoms with Gasteiger partial charge in [0.05, 0.1) is 23.8 Å². The number of oxazole rings is 1. The molecule has 0 bridgehead atoms. The number of hydrogen-bond donors (Lipinski definition) is 0. The number of morpholine rings is 1. The van der Waals surface area contributed by atoms with Crippen LogP contribution in [0.4, 0.5) is 5.69 Å². The molecule has 1 aliphatic heterocycles. The van der Waals surface area contributed by atoms with Gasteiger partial charge in [-0.3, -0.25) is 15.0 Å². The Labute approximate surface area is 140 Å². The lowest BCUT2D eigenvalue weighted by atomic mass is 10.2. The molecule has 1 saturated heterocycles. The fourth-order valence-electron chi connectivity index (χ4n) is 2.85. The molecule has 0 amide bonds. The van der Waals surface area contributed by atoms with E-state index in [1.807, 2.05) is 0 Å². The summed E-state index contributed by atoms with van der Waals surface area (Å²) in [6.07, 6.45) is 2.57. The predicted molar refractivity (Wildman–Crippen MR) is 88.7 cm³/mol. The van der Waals surface area contributed by atoms with Gasteiger partial charge in [0, 0.05) is 43.2 Å². The Morgan fingerprint density at radius 1 is 1.42 bits per heavy atom. The molecule has 1 aromatic carbocycles. The molecule has 1 aromatic heterocycles. The normalized spacial score (nSPS) is 21.8. The lowest BCUT2D eigenvalue weighted by Crippen LogP contribution is -2.47. The number of nitro benzene ring substituents is 1. The van der Waals surface area contributed by atoms with Gasteiger partial charge < -0.3 is 9.15 Å². The van der Waals surface area contributed by atoms with Gasteiger partial charge in [-0.25, -0.2) is 4.98 Å². The minimum Gasteiger partial charge on any atom is -0.441 e. The van der Waals surface area contributed by atoms with Gasteiger partial charge in [-0.15, -0.1) is 0 Å². The first-order valence-electron chi connectivity index (χ1n) is 8.08. The van der Waals surface area contributed by atoms with Gasteiger partial charge in [0.1, 0.15) is 0 Å². The molecule has 24 heavy (non-hydrogen) atoms. The van der Waals surface area contributed by atoms with Gasteiger partial charge in [-0.05, 0) is 13.8 Å². The highest BCUT2D eigenvalue weighted by molar-refractivity contribution is 5.60. The number of aromatic nitrogens is 1. The first-order chi connectivity index (χ1) is 11.5. The van der Waals surface area contributed by atoms with Crippen LogP contribution in [0.5, 0.6) is 0 Å². The molecule has 0 N–H and O–H groups in total. The van der Waals surface area contributed by atoms with Gasteiger partial charge in [-0.1, -0.05) is 12.1 Å². The number of rotatable bonds is 5. The monoisotopic (exact) mass is 331 g/mol. The molecule has 0 aliphatic carbocycles. The summed E-state index contributed by atoms with van der Waals surface area (Å²) in [5.74, 6) is 1.19. The molecule has 2 aromatic rings. The summed E-state index contributed by atoms with van der Waals surface area (Å²) in [6, 6.07) is 6.76. The SMILES string of the molecule is C[C@H]1CN(CCc2ncc(-c3cccc([N+](=O)[O-])c3)o2)[C@@H](C)CO1. The van der Waals surface area contributed by atoms with Crippen LogP contribution in [-0.4, -0.2) is 46.6 Å². The van der Waals surface area contributed by atoms with Gasteiger partial charge >= 0.3 is 0 Å². The third kappa shape index (κ3) is 3.80. The number of non-ortho nitro benzene ring substituents is 1. The number of nitro groups is 1. The topological polar surface area (TPSA) is 81.6 Å². The van der Waals surface area contributed by atoms with E-state index in [0.717, 1.165) is 19.7 Å². The van der Waals surface area contributed by atoms with Gasteiger partial charge in [-0.2, -0.15) is 0 Å². The smallest absolute Gasteiger partial charge is 0.270 e. The van der Waals surface area contributed by atoms with Gasteiger partial charge in [0.2, 0.25) is 0 Å². The third-order valence-corrected chi connectivity index (χ3v) is 4.24. The van der Waals surface area contributed by atoms with Crippen molar-refractivity contribution >= 4 is 5.69 Å².